The summed E-state index contributed by atoms with van der Waals surface area (Å²) < 4.78 is 22.2. The van der Waals surface area contributed by atoms with Crippen LogP contribution < -0.4 is 0 Å². The molecule has 2 unspecified atom stereocenters. The topological polar surface area (TPSA) is 152 Å². The predicted molar refractivity (Wildman–Crippen MR) is 229 cm³/mol. The fourth-order valence-corrected chi connectivity index (χ4v) is 7.36. The summed E-state index contributed by atoms with van der Waals surface area (Å²) in [5.41, 5.74) is 0. The molecule has 0 saturated carbocycles. The summed E-state index contributed by atoms with van der Waals surface area (Å²) in [7, 11) is 0. The van der Waals surface area contributed by atoms with Crippen LogP contribution in [0.2, 0.25) is 0 Å². The molecule has 10 heteroatoms. The molecule has 57 heavy (non-hydrogen) atoms. The fourth-order valence-electron chi connectivity index (χ4n) is 7.36. The van der Waals surface area contributed by atoms with Crippen molar-refractivity contribution in [2.45, 2.75) is 256 Å². The first-order chi connectivity index (χ1) is 27.8. The molecule has 0 spiro atoms. The smallest absolute Gasteiger partial charge is 0.306 e. The molecule has 6 atom stereocenters. The van der Waals surface area contributed by atoms with Crippen LogP contribution in [0.15, 0.2) is 12.2 Å². The lowest BCUT2D eigenvalue weighted by atomic mass is 9.99. The zero-order chi connectivity index (χ0) is 41.6. The number of unbranched alkanes of at least 4 members (excludes halogenated alkanes) is 27. The number of hydrogen-bond acceptors (Lipinski definition) is 10. The van der Waals surface area contributed by atoms with Gasteiger partial charge in [0.05, 0.1) is 13.2 Å². The quantitative estimate of drug-likeness (QED) is 0.0267. The Bertz CT molecular complexity index is 943. The Balaban J connectivity index is 2.24. The number of esters is 2. The van der Waals surface area contributed by atoms with Crippen LogP contribution in [0, 0.1) is 0 Å². The summed E-state index contributed by atoms with van der Waals surface area (Å²) in [6, 6.07) is 0. The van der Waals surface area contributed by atoms with Gasteiger partial charge in [0.1, 0.15) is 31.0 Å². The van der Waals surface area contributed by atoms with Gasteiger partial charge in [0.15, 0.2) is 12.4 Å². The van der Waals surface area contributed by atoms with Gasteiger partial charge in [0.2, 0.25) is 0 Å². The van der Waals surface area contributed by atoms with E-state index in [1.165, 1.54) is 148 Å². The average molecular weight is 813 g/mol. The van der Waals surface area contributed by atoms with Gasteiger partial charge in [-0.1, -0.05) is 180 Å². The van der Waals surface area contributed by atoms with Crippen molar-refractivity contribution in [3.05, 3.63) is 12.2 Å². The number of ether oxygens (including phenoxy) is 4. The number of aliphatic hydroxyl groups excluding tert-OH is 4. The van der Waals surface area contributed by atoms with Crippen LogP contribution in [0.1, 0.15) is 219 Å². The first-order valence-corrected chi connectivity index (χ1v) is 23.8. The maximum Gasteiger partial charge on any atom is 0.306 e. The Hall–Kier alpha value is -1.56. The van der Waals surface area contributed by atoms with Crippen molar-refractivity contribution in [3.63, 3.8) is 0 Å². The van der Waals surface area contributed by atoms with E-state index in [-0.39, 0.29) is 32.0 Å². The van der Waals surface area contributed by atoms with Gasteiger partial charge in [0, 0.05) is 12.8 Å². The first kappa shape index (κ1) is 53.5. The molecule has 0 aliphatic carbocycles. The third-order valence-electron chi connectivity index (χ3n) is 11.2. The summed E-state index contributed by atoms with van der Waals surface area (Å²) in [5, 5.41) is 40.1. The highest BCUT2D eigenvalue weighted by Gasteiger charge is 2.44. The molecule has 1 heterocycles. The first-order valence-electron chi connectivity index (χ1n) is 23.8. The molecule has 336 valence electrons. The van der Waals surface area contributed by atoms with Crippen molar-refractivity contribution < 1.29 is 49.0 Å². The second kappa shape index (κ2) is 38.6. The van der Waals surface area contributed by atoms with Crippen molar-refractivity contribution in [2.75, 3.05) is 19.8 Å². The largest absolute Gasteiger partial charge is 0.462 e. The summed E-state index contributed by atoms with van der Waals surface area (Å²) in [5.74, 6) is -0.798. The van der Waals surface area contributed by atoms with E-state index in [9.17, 15) is 30.0 Å². The number of hydrogen-bond donors (Lipinski definition) is 4. The van der Waals surface area contributed by atoms with Gasteiger partial charge < -0.3 is 39.4 Å². The minimum atomic E-state index is -1.59. The Kier molecular flexibility index (Phi) is 36.2. The Morgan fingerprint density at radius 3 is 1.37 bits per heavy atom. The van der Waals surface area contributed by atoms with Gasteiger partial charge in [-0.15, -0.1) is 0 Å². The Morgan fingerprint density at radius 2 is 0.930 bits per heavy atom. The van der Waals surface area contributed by atoms with Crippen molar-refractivity contribution in [1.82, 2.24) is 0 Å². The van der Waals surface area contributed by atoms with Crippen molar-refractivity contribution in [2.24, 2.45) is 0 Å². The van der Waals surface area contributed by atoms with Crippen LogP contribution in [0.3, 0.4) is 0 Å². The standard InChI is InChI=1S/C47H88O10/c1-3-5-7-9-11-13-15-16-17-18-19-20-21-22-23-24-26-27-29-31-33-35-42(49)54-38-40(39-55-47-46(53)45(52)44(51)41(37-48)57-47)56-43(50)36-34-32-30-28-25-14-12-10-8-6-4-2/h16-17,40-41,44-48,51-53H,3-15,18-39H2,1-2H3/b17-16+/t40-,41-,44+,45?,46?,47-/m0/s1. The maximum atomic E-state index is 12.7. The summed E-state index contributed by atoms with van der Waals surface area (Å²) >= 11 is 0. The highest BCUT2D eigenvalue weighted by atomic mass is 16.7. The Morgan fingerprint density at radius 1 is 0.526 bits per heavy atom. The molecule has 0 aromatic heterocycles. The molecule has 10 nitrogen and oxygen atoms in total. The molecular formula is C47H88O10. The molecule has 0 aromatic carbocycles. The van der Waals surface area contributed by atoms with Crippen LogP contribution in [0.25, 0.3) is 0 Å². The zero-order valence-corrected chi connectivity index (χ0v) is 36.6. The molecule has 0 bridgehead atoms. The van der Waals surface area contributed by atoms with Crippen LogP contribution in [-0.4, -0.2) is 89.0 Å². The molecule has 4 N–H and O–H groups in total. The Labute approximate surface area is 348 Å². The van der Waals surface area contributed by atoms with Crippen molar-refractivity contribution in [3.8, 4) is 0 Å². The minimum absolute atomic E-state index is 0.212. The average Bonchev–Trinajstić information content (AvgIpc) is 3.21. The number of allylic oxidation sites excluding steroid dienone is 2. The molecular weight excluding hydrogens is 725 g/mol. The molecule has 1 rings (SSSR count). The number of carbonyl (C=O) groups is 2. The lowest BCUT2D eigenvalue weighted by Gasteiger charge is -2.39. The van der Waals surface area contributed by atoms with Gasteiger partial charge >= 0.3 is 11.9 Å². The molecule has 0 radical (unpaired) electrons. The minimum Gasteiger partial charge on any atom is -0.462 e. The van der Waals surface area contributed by atoms with E-state index in [1.54, 1.807) is 0 Å². The molecule has 1 aliphatic heterocycles. The fraction of sp³-hybridized carbons (Fsp3) is 0.915. The molecule has 0 aromatic rings. The van der Waals surface area contributed by atoms with Crippen molar-refractivity contribution in [1.29, 1.82) is 0 Å². The van der Waals surface area contributed by atoms with E-state index in [2.05, 4.69) is 26.0 Å². The molecule has 1 fully saturated rings. The van der Waals surface area contributed by atoms with E-state index >= 15 is 0 Å². The SMILES string of the molecule is CCCCCCCC/C=C/CCCCCCCCCCCCCC(=O)OC[C@@H](CO[C@H]1O[C@@H](CO)[C@@H](O)C(O)C1O)OC(=O)CCCCCCCCCCCCC. The van der Waals surface area contributed by atoms with Crippen LogP contribution in [0.5, 0.6) is 0 Å². The van der Waals surface area contributed by atoms with Crippen molar-refractivity contribution >= 4 is 11.9 Å². The van der Waals surface area contributed by atoms with Crippen LogP contribution in [-0.2, 0) is 28.5 Å². The summed E-state index contributed by atoms with van der Waals surface area (Å²) in [6.07, 6.45) is 33.7. The summed E-state index contributed by atoms with van der Waals surface area (Å²) in [6.45, 7) is 3.43. The highest BCUT2D eigenvalue weighted by molar-refractivity contribution is 5.70. The van der Waals surface area contributed by atoms with Gasteiger partial charge in [-0.2, -0.15) is 0 Å². The molecule has 0 amide bonds. The third-order valence-corrected chi connectivity index (χ3v) is 11.2. The molecule has 1 aliphatic rings. The lowest BCUT2D eigenvalue weighted by molar-refractivity contribution is -0.305. The maximum absolute atomic E-state index is 12.7. The highest BCUT2D eigenvalue weighted by Crippen LogP contribution is 2.23. The van der Waals surface area contributed by atoms with Gasteiger partial charge in [-0.25, -0.2) is 0 Å². The number of aliphatic hydroxyl groups is 4. The monoisotopic (exact) mass is 813 g/mol. The second-order valence-electron chi connectivity index (χ2n) is 16.6. The van der Waals surface area contributed by atoms with Gasteiger partial charge in [-0.3, -0.25) is 9.59 Å². The van der Waals surface area contributed by atoms with E-state index in [0.29, 0.717) is 6.42 Å². The third kappa shape index (κ3) is 30.2. The van der Waals surface area contributed by atoms with E-state index in [1.807, 2.05) is 0 Å². The van der Waals surface area contributed by atoms with E-state index in [4.69, 9.17) is 18.9 Å². The van der Waals surface area contributed by atoms with Gasteiger partial charge in [0.25, 0.3) is 0 Å². The van der Waals surface area contributed by atoms with Crippen LogP contribution in [0.4, 0.5) is 0 Å². The second-order valence-corrected chi connectivity index (χ2v) is 16.6. The zero-order valence-electron chi connectivity index (χ0n) is 36.6. The van der Waals surface area contributed by atoms with Gasteiger partial charge in [-0.05, 0) is 38.5 Å². The van der Waals surface area contributed by atoms with Crippen LogP contribution >= 0.6 is 0 Å². The normalized spacial score (nSPS) is 20.3. The number of carbonyl (C=O) groups excluding carboxylic acids is 2. The van der Waals surface area contributed by atoms with E-state index in [0.717, 1.165) is 38.5 Å². The predicted octanol–water partition coefficient (Wildman–Crippen LogP) is 10.3. The lowest BCUT2D eigenvalue weighted by Crippen LogP contribution is -2.59. The number of rotatable bonds is 40. The summed E-state index contributed by atoms with van der Waals surface area (Å²) in [4.78, 5) is 25.3. The molecule has 1 saturated heterocycles. The van der Waals surface area contributed by atoms with E-state index < -0.39 is 49.4 Å².